The molecule has 1 aliphatic carbocycles. The number of aliphatic imine (C=N–C) groups is 1. The van der Waals surface area contributed by atoms with E-state index in [1.807, 2.05) is 18.8 Å². The highest BCUT2D eigenvalue weighted by Crippen LogP contribution is 2.47. The summed E-state index contributed by atoms with van der Waals surface area (Å²) in [5, 5.41) is 6.86. The maximum atomic E-state index is 4.30. The lowest BCUT2D eigenvalue weighted by Crippen LogP contribution is -2.41. The molecule has 0 radical (unpaired) electrons. The second kappa shape index (κ2) is 7.58. The second-order valence-corrected chi connectivity index (χ2v) is 6.33. The van der Waals surface area contributed by atoms with Crippen LogP contribution in [-0.2, 0) is 5.41 Å². The van der Waals surface area contributed by atoms with Gasteiger partial charge in [0.15, 0.2) is 5.96 Å². The first-order chi connectivity index (χ1) is 9.80. The van der Waals surface area contributed by atoms with Gasteiger partial charge in [0.25, 0.3) is 0 Å². The number of thioether (sulfide) groups is 1. The van der Waals surface area contributed by atoms with Crippen molar-refractivity contribution in [1.29, 1.82) is 0 Å². The Morgan fingerprint density at radius 1 is 1.25 bits per heavy atom. The monoisotopic (exact) mass is 291 g/mol. The lowest BCUT2D eigenvalue weighted by Gasteiger charge is -2.19. The molecule has 2 rings (SSSR count). The lowest BCUT2D eigenvalue weighted by atomic mass is 9.96. The van der Waals surface area contributed by atoms with Gasteiger partial charge in [0.2, 0.25) is 0 Å². The molecule has 1 fully saturated rings. The summed E-state index contributed by atoms with van der Waals surface area (Å²) in [6.45, 7) is 1.96. The molecule has 0 atom stereocenters. The highest BCUT2D eigenvalue weighted by molar-refractivity contribution is 7.98. The molecular formula is C16H25N3S. The summed E-state index contributed by atoms with van der Waals surface area (Å²) < 4.78 is 0. The Morgan fingerprint density at radius 3 is 2.60 bits per heavy atom. The van der Waals surface area contributed by atoms with Crippen LogP contribution in [0.1, 0.15) is 24.8 Å². The predicted octanol–water partition coefficient (Wildman–Crippen LogP) is 2.64. The summed E-state index contributed by atoms with van der Waals surface area (Å²) in [4.78, 5) is 4.30. The van der Waals surface area contributed by atoms with Crippen molar-refractivity contribution in [3.05, 3.63) is 35.9 Å². The quantitative estimate of drug-likeness (QED) is 0.461. The maximum Gasteiger partial charge on any atom is 0.191 e. The maximum absolute atomic E-state index is 4.30. The summed E-state index contributed by atoms with van der Waals surface area (Å²) >= 11 is 1.89. The fraction of sp³-hybridized carbons (Fsp3) is 0.562. The van der Waals surface area contributed by atoms with E-state index in [1.165, 1.54) is 30.6 Å². The zero-order chi connectivity index (χ0) is 14.3. The number of nitrogens with zero attached hydrogens (tertiary/aromatic N) is 1. The smallest absolute Gasteiger partial charge is 0.191 e. The molecule has 1 aromatic carbocycles. The summed E-state index contributed by atoms with van der Waals surface area (Å²) in [5.41, 5.74) is 1.78. The summed E-state index contributed by atoms with van der Waals surface area (Å²) in [7, 11) is 1.84. The summed E-state index contributed by atoms with van der Waals surface area (Å²) in [6.07, 6.45) is 5.86. The topological polar surface area (TPSA) is 36.4 Å². The van der Waals surface area contributed by atoms with Crippen LogP contribution in [0.4, 0.5) is 0 Å². The van der Waals surface area contributed by atoms with E-state index < -0.39 is 0 Å². The minimum Gasteiger partial charge on any atom is -0.356 e. The molecule has 3 nitrogen and oxygen atoms in total. The molecule has 1 saturated carbocycles. The SMILES string of the molecule is CN=C(NCCCSC)NCC1(c2ccccc2)CC1. The highest BCUT2D eigenvalue weighted by atomic mass is 32.2. The van der Waals surface area contributed by atoms with Crippen LogP contribution >= 0.6 is 11.8 Å². The van der Waals surface area contributed by atoms with Gasteiger partial charge in [-0.05, 0) is 36.8 Å². The van der Waals surface area contributed by atoms with E-state index in [1.54, 1.807) is 0 Å². The van der Waals surface area contributed by atoms with Gasteiger partial charge in [0.05, 0.1) is 0 Å². The van der Waals surface area contributed by atoms with Crippen LogP contribution in [0.25, 0.3) is 0 Å². The molecule has 0 unspecified atom stereocenters. The van der Waals surface area contributed by atoms with Gasteiger partial charge in [-0.15, -0.1) is 0 Å². The van der Waals surface area contributed by atoms with Gasteiger partial charge in [0.1, 0.15) is 0 Å². The van der Waals surface area contributed by atoms with Gasteiger partial charge < -0.3 is 10.6 Å². The van der Waals surface area contributed by atoms with Crippen molar-refractivity contribution in [1.82, 2.24) is 10.6 Å². The van der Waals surface area contributed by atoms with Gasteiger partial charge in [-0.1, -0.05) is 30.3 Å². The van der Waals surface area contributed by atoms with E-state index in [2.05, 4.69) is 52.2 Å². The minimum atomic E-state index is 0.331. The van der Waals surface area contributed by atoms with E-state index in [9.17, 15) is 0 Å². The van der Waals surface area contributed by atoms with E-state index in [4.69, 9.17) is 0 Å². The van der Waals surface area contributed by atoms with Crippen molar-refractivity contribution in [2.45, 2.75) is 24.7 Å². The minimum absolute atomic E-state index is 0.331. The van der Waals surface area contributed by atoms with Gasteiger partial charge >= 0.3 is 0 Å². The van der Waals surface area contributed by atoms with Crippen LogP contribution in [0, 0.1) is 0 Å². The van der Waals surface area contributed by atoms with Crippen molar-refractivity contribution < 1.29 is 0 Å². The largest absolute Gasteiger partial charge is 0.356 e. The summed E-state index contributed by atoms with van der Waals surface area (Å²) in [5.74, 6) is 2.12. The van der Waals surface area contributed by atoms with Crippen molar-refractivity contribution in [3.63, 3.8) is 0 Å². The molecule has 20 heavy (non-hydrogen) atoms. The Kier molecular flexibility index (Phi) is 5.77. The highest BCUT2D eigenvalue weighted by Gasteiger charge is 2.43. The van der Waals surface area contributed by atoms with Crippen molar-refractivity contribution in [2.75, 3.05) is 32.1 Å². The normalized spacial score (nSPS) is 16.8. The summed E-state index contributed by atoms with van der Waals surface area (Å²) in [6, 6.07) is 10.8. The van der Waals surface area contributed by atoms with E-state index in [0.29, 0.717) is 5.41 Å². The second-order valence-electron chi connectivity index (χ2n) is 5.35. The Bertz CT molecular complexity index is 427. The number of hydrogen-bond acceptors (Lipinski definition) is 2. The van der Waals surface area contributed by atoms with Crippen LogP contribution < -0.4 is 10.6 Å². The third-order valence-corrected chi connectivity index (χ3v) is 4.57. The van der Waals surface area contributed by atoms with E-state index >= 15 is 0 Å². The Balaban J connectivity index is 1.79. The molecule has 0 heterocycles. The zero-order valence-electron chi connectivity index (χ0n) is 12.5. The molecular weight excluding hydrogens is 266 g/mol. The Labute approximate surface area is 126 Å². The average Bonchev–Trinajstić information content (AvgIpc) is 3.29. The zero-order valence-corrected chi connectivity index (χ0v) is 13.3. The number of rotatable bonds is 7. The standard InChI is InChI=1S/C16H25N3S/c1-17-15(18-11-6-12-20-2)19-13-16(9-10-16)14-7-4-3-5-8-14/h3-5,7-8H,6,9-13H2,1-2H3,(H2,17,18,19). The molecule has 1 aromatic rings. The Morgan fingerprint density at radius 2 is 2.00 bits per heavy atom. The first kappa shape index (κ1) is 15.2. The van der Waals surface area contributed by atoms with Crippen LogP contribution in [-0.4, -0.2) is 38.1 Å². The van der Waals surface area contributed by atoms with E-state index in [-0.39, 0.29) is 0 Å². The number of guanidine groups is 1. The number of hydrogen-bond donors (Lipinski definition) is 2. The predicted molar refractivity (Wildman–Crippen MR) is 89.7 cm³/mol. The van der Waals surface area contributed by atoms with Crippen LogP contribution in [0.3, 0.4) is 0 Å². The average molecular weight is 291 g/mol. The van der Waals surface area contributed by atoms with Crippen LogP contribution in [0.15, 0.2) is 35.3 Å². The van der Waals surface area contributed by atoms with E-state index in [0.717, 1.165) is 19.0 Å². The molecule has 1 aliphatic rings. The van der Waals surface area contributed by atoms with Gasteiger partial charge in [-0.25, -0.2) is 0 Å². The molecule has 0 saturated heterocycles. The van der Waals surface area contributed by atoms with Gasteiger partial charge in [-0.2, -0.15) is 11.8 Å². The molecule has 0 bridgehead atoms. The van der Waals surface area contributed by atoms with Crippen molar-refractivity contribution in [2.24, 2.45) is 4.99 Å². The third-order valence-electron chi connectivity index (χ3n) is 3.88. The Hall–Kier alpha value is -1.16. The number of nitrogens with one attached hydrogen (secondary N) is 2. The van der Waals surface area contributed by atoms with Crippen LogP contribution in [0.5, 0.6) is 0 Å². The van der Waals surface area contributed by atoms with Gasteiger partial charge in [0, 0.05) is 25.6 Å². The van der Waals surface area contributed by atoms with Crippen LogP contribution in [0.2, 0.25) is 0 Å². The third kappa shape index (κ3) is 4.17. The lowest BCUT2D eigenvalue weighted by molar-refractivity contribution is 0.645. The molecule has 0 amide bonds. The molecule has 4 heteroatoms. The molecule has 0 aliphatic heterocycles. The fourth-order valence-electron chi connectivity index (χ4n) is 2.41. The fourth-order valence-corrected chi connectivity index (χ4v) is 2.84. The van der Waals surface area contributed by atoms with Gasteiger partial charge in [-0.3, -0.25) is 4.99 Å². The van der Waals surface area contributed by atoms with Crippen molar-refractivity contribution >= 4 is 17.7 Å². The van der Waals surface area contributed by atoms with Crippen molar-refractivity contribution in [3.8, 4) is 0 Å². The molecule has 0 spiro atoms. The number of benzene rings is 1. The molecule has 0 aromatic heterocycles. The first-order valence-electron chi connectivity index (χ1n) is 7.30. The first-order valence-corrected chi connectivity index (χ1v) is 8.69. The molecule has 110 valence electrons. The molecule has 2 N–H and O–H groups in total.